The number of non-ortho nitro benzene ring substituents is 1. The lowest BCUT2D eigenvalue weighted by molar-refractivity contribution is -0.384. The Morgan fingerprint density at radius 1 is 1.50 bits per heavy atom. The summed E-state index contributed by atoms with van der Waals surface area (Å²) in [4.78, 5) is 20.8. The Labute approximate surface area is 115 Å². The fourth-order valence-corrected chi connectivity index (χ4v) is 1.15. The van der Waals surface area contributed by atoms with Gasteiger partial charge in [-0.2, -0.15) is 0 Å². The monoisotopic (exact) mass is 278 g/mol. The SMILES string of the molecule is C=CC(=O)OCCN(C)N=Nc1ccc([N+](=O)[O-])cc1. The molecule has 20 heavy (non-hydrogen) atoms. The molecule has 106 valence electrons. The second-order valence-corrected chi connectivity index (χ2v) is 3.72. The van der Waals surface area contributed by atoms with Crippen LogP contribution in [0.2, 0.25) is 0 Å². The predicted molar refractivity (Wildman–Crippen MR) is 71.4 cm³/mol. The number of carbonyl (C=O) groups excluding carboxylic acids is 1. The molecular formula is C12H14N4O4. The standard InChI is InChI=1S/C12H14N4O4/c1-3-12(17)20-9-8-15(2)14-13-10-4-6-11(7-5-10)16(18)19/h3-7H,1,8-9H2,2H3. The van der Waals surface area contributed by atoms with Crippen LogP contribution in [0.15, 0.2) is 47.3 Å². The van der Waals surface area contributed by atoms with E-state index in [2.05, 4.69) is 16.9 Å². The Kier molecular flexibility index (Phi) is 5.82. The highest BCUT2D eigenvalue weighted by molar-refractivity contribution is 5.81. The quantitative estimate of drug-likeness (QED) is 0.250. The summed E-state index contributed by atoms with van der Waals surface area (Å²) in [7, 11) is 1.66. The van der Waals surface area contributed by atoms with E-state index in [1.54, 1.807) is 7.05 Å². The van der Waals surface area contributed by atoms with Gasteiger partial charge >= 0.3 is 5.97 Å². The molecule has 0 saturated heterocycles. The summed E-state index contributed by atoms with van der Waals surface area (Å²) in [6.07, 6.45) is 1.08. The minimum Gasteiger partial charge on any atom is -0.461 e. The number of esters is 1. The van der Waals surface area contributed by atoms with Gasteiger partial charge in [0.1, 0.15) is 6.61 Å². The lowest BCUT2D eigenvalue weighted by Gasteiger charge is -2.10. The summed E-state index contributed by atoms with van der Waals surface area (Å²) in [5, 5.41) is 19.7. The number of nitro benzene ring substituents is 1. The van der Waals surface area contributed by atoms with E-state index in [0.29, 0.717) is 12.2 Å². The fourth-order valence-electron chi connectivity index (χ4n) is 1.15. The van der Waals surface area contributed by atoms with Gasteiger partial charge in [-0.05, 0) is 12.1 Å². The summed E-state index contributed by atoms with van der Waals surface area (Å²) in [5.74, 6) is -0.495. The number of benzene rings is 1. The number of nitro groups is 1. The zero-order valence-corrected chi connectivity index (χ0v) is 10.9. The number of likely N-dealkylation sites (N-methyl/N-ethyl adjacent to an activating group) is 1. The van der Waals surface area contributed by atoms with Crippen LogP contribution in [0, 0.1) is 10.1 Å². The van der Waals surface area contributed by atoms with Crippen molar-refractivity contribution in [2.45, 2.75) is 0 Å². The minimum absolute atomic E-state index is 0.00589. The van der Waals surface area contributed by atoms with Gasteiger partial charge in [0.2, 0.25) is 0 Å². The summed E-state index contributed by atoms with van der Waals surface area (Å²) in [5.41, 5.74) is 0.485. The lowest BCUT2D eigenvalue weighted by atomic mass is 10.3. The number of nitrogens with zero attached hydrogens (tertiary/aromatic N) is 4. The van der Waals surface area contributed by atoms with Gasteiger partial charge in [0.05, 0.1) is 17.2 Å². The normalized spacial score (nSPS) is 10.2. The first-order valence-corrected chi connectivity index (χ1v) is 5.69. The van der Waals surface area contributed by atoms with Gasteiger partial charge in [0, 0.05) is 25.3 Å². The Balaban J connectivity index is 2.44. The van der Waals surface area contributed by atoms with E-state index in [1.165, 1.54) is 29.3 Å². The first kappa shape index (κ1) is 15.3. The first-order valence-electron chi connectivity index (χ1n) is 5.69. The smallest absolute Gasteiger partial charge is 0.330 e. The van der Waals surface area contributed by atoms with Crippen LogP contribution in [0.4, 0.5) is 11.4 Å². The molecular weight excluding hydrogens is 264 g/mol. The molecule has 0 aliphatic rings. The molecule has 1 aromatic rings. The molecule has 0 atom stereocenters. The van der Waals surface area contributed by atoms with Crippen molar-refractivity contribution in [2.75, 3.05) is 20.2 Å². The number of rotatable bonds is 7. The Morgan fingerprint density at radius 2 is 2.15 bits per heavy atom. The molecule has 0 unspecified atom stereocenters. The topological polar surface area (TPSA) is 97.4 Å². The van der Waals surface area contributed by atoms with E-state index in [1.807, 2.05) is 0 Å². The highest BCUT2D eigenvalue weighted by Gasteiger charge is 2.03. The van der Waals surface area contributed by atoms with E-state index in [0.717, 1.165) is 6.08 Å². The van der Waals surface area contributed by atoms with Crippen molar-refractivity contribution in [2.24, 2.45) is 10.3 Å². The van der Waals surface area contributed by atoms with Gasteiger partial charge in [0.15, 0.2) is 0 Å². The van der Waals surface area contributed by atoms with Crippen molar-refractivity contribution in [3.8, 4) is 0 Å². The number of hydrogen-bond donors (Lipinski definition) is 0. The molecule has 1 aromatic carbocycles. The third kappa shape index (κ3) is 5.25. The van der Waals surface area contributed by atoms with Gasteiger partial charge < -0.3 is 4.74 Å². The highest BCUT2D eigenvalue weighted by Crippen LogP contribution is 2.18. The molecule has 0 aliphatic heterocycles. The largest absolute Gasteiger partial charge is 0.461 e. The number of ether oxygens (including phenoxy) is 1. The number of carbonyl (C=O) groups is 1. The van der Waals surface area contributed by atoms with E-state index in [-0.39, 0.29) is 12.3 Å². The van der Waals surface area contributed by atoms with E-state index in [9.17, 15) is 14.9 Å². The second kappa shape index (κ2) is 7.62. The van der Waals surface area contributed by atoms with Gasteiger partial charge in [0.25, 0.3) is 5.69 Å². The number of hydrogen-bond acceptors (Lipinski definition) is 6. The summed E-state index contributed by atoms with van der Waals surface area (Å²) >= 11 is 0. The van der Waals surface area contributed by atoms with E-state index < -0.39 is 10.9 Å². The summed E-state index contributed by atoms with van der Waals surface area (Å²) in [6, 6.07) is 5.68. The Hall–Kier alpha value is -2.77. The van der Waals surface area contributed by atoms with Crippen LogP contribution >= 0.6 is 0 Å². The summed E-state index contributed by atoms with van der Waals surface area (Å²) in [6.45, 7) is 3.81. The molecule has 0 bridgehead atoms. The van der Waals surface area contributed by atoms with Gasteiger partial charge in [-0.15, -0.1) is 5.11 Å². The average Bonchev–Trinajstić information content (AvgIpc) is 2.45. The van der Waals surface area contributed by atoms with Crippen molar-refractivity contribution >= 4 is 17.3 Å². The zero-order chi connectivity index (χ0) is 15.0. The molecule has 0 aromatic heterocycles. The fraction of sp³-hybridized carbons (Fsp3) is 0.250. The predicted octanol–water partition coefficient (Wildman–Crippen LogP) is 2.25. The van der Waals surface area contributed by atoms with Crippen molar-refractivity contribution in [1.82, 2.24) is 5.01 Å². The van der Waals surface area contributed by atoms with Crippen LogP contribution in [-0.4, -0.2) is 36.1 Å². The summed E-state index contributed by atoms with van der Waals surface area (Å²) < 4.78 is 4.78. The van der Waals surface area contributed by atoms with Gasteiger partial charge in [-0.1, -0.05) is 11.8 Å². The maximum atomic E-state index is 10.8. The van der Waals surface area contributed by atoms with E-state index >= 15 is 0 Å². The van der Waals surface area contributed by atoms with Crippen molar-refractivity contribution in [1.29, 1.82) is 0 Å². The van der Waals surface area contributed by atoms with Crippen LogP contribution in [0.25, 0.3) is 0 Å². The van der Waals surface area contributed by atoms with Gasteiger partial charge in [-0.25, -0.2) is 4.79 Å². The molecule has 1 rings (SSSR count). The Bertz CT molecular complexity index is 513. The maximum Gasteiger partial charge on any atom is 0.330 e. The highest BCUT2D eigenvalue weighted by atomic mass is 16.6. The molecule has 8 nitrogen and oxygen atoms in total. The van der Waals surface area contributed by atoms with Crippen molar-refractivity contribution < 1.29 is 14.5 Å². The van der Waals surface area contributed by atoms with Crippen LogP contribution in [-0.2, 0) is 9.53 Å². The molecule has 0 heterocycles. The molecule has 0 spiro atoms. The van der Waals surface area contributed by atoms with E-state index in [4.69, 9.17) is 4.74 Å². The van der Waals surface area contributed by atoms with Crippen molar-refractivity contribution in [3.05, 3.63) is 47.0 Å². The lowest BCUT2D eigenvalue weighted by Crippen LogP contribution is -2.18. The zero-order valence-electron chi connectivity index (χ0n) is 10.9. The molecule has 0 N–H and O–H groups in total. The van der Waals surface area contributed by atoms with Crippen LogP contribution < -0.4 is 0 Å². The molecule has 0 amide bonds. The minimum atomic E-state index is -0.495. The van der Waals surface area contributed by atoms with Gasteiger partial charge in [-0.3, -0.25) is 15.1 Å². The molecule has 0 aliphatic carbocycles. The van der Waals surface area contributed by atoms with Crippen LogP contribution in [0.5, 0.6) is 0 Å². The maximum absolute atomic E-state index is 10.8. The second-order valence-electron chi connectivity index (χ2n) is 3.72. The average molecular weight is 278 g/mol. The van der Waals surface area contributed by atoms with Crippen LogP contribution in [0.3, 0.4) is 0 Å². The van der Waals surface area contributed by atoms with Crippen LogP contribution in [0.1, 0.15) is 0 Å². The van der Waals surface area contributed by atoms with Crippen molar-refractivity contribution in [3.63, 3.8) is 0 Å². The third-order valence-corrected chi connectivity index (χ3v) is 2.20. The molecule has 8 heteroatoms. The molecule has 0 radical (unpaired) electrons. The molecule has 0 saturated carbocycles. The Morgan fingerprint density at radius 3 is 2.70 bits per heavy atom. The molecule has 0 fully saturated rings. The third-order valence-electron chi connectivity index (χ3n) is 2.20. The first-order chi connectivity index (χ1) is 9.52.